The molecule has 1 aliphatic heterocycles. The van der Waals surface area contributed by atoms with Crippen LogP contribution in [-0.4, -0.2) is 49.2 Å². The van der Waals surface area contributed by atoms with Crippen LogP contribution in [0, 0.1) is 0 Å². The molecule has 0 aromatic heterocycles. The Balaban J connectivity index is 1.70. The maximum absolute atomic E-state index is 12.1. The predicted octanol–water partition coefficient (Wildman–Crippen LogP) is 2.58. The van der Waals surface area contributed by atoms with Crippen LogP contribution < -0.4 is 5.32 Å². The zero-order chi connectivity index (χ0) is 16.8. The molecule has 1 aromatic rings. The molecule has 1 heterocycles. The van der Waals surface area contributed by atoms with E-state index >= 15 is 0 Å². The third-order valence-electron chi connectivity index (χ3n) is 4.24. The number of hydrogen-bond donors (Lipinski definition) is 1. The van der Waals surface area contributed by atoms with Crippen LogP contribution in [-0.2, 0) is 16.0 Å². The van der Waals surface area contributed by atoms with Crippen LogP contribution >= 0.6 is 0 Å². The van der Waals surface area contributed by atoms with Crippen LogP contribution in [0.1, 0.15) is 44.7 Å². The van der Waals surface area contributed by atoms with Crippen molar-refractivity contribution in [3.05, 3.63) is 35.4 Å². The number of nitrogens with one attached hydrogen (secondary N) is 1. The first-order valence-corrected chi connectivity index (χ1v) is 8.67. The summed E-state index contributed by atoms with van der Waals surface area (Å²) in [6.45, 7) is 11.3. The number of benzene rings is 1. The van der Waals surface area contributed by atoms with Gasteiger partial charge < -0.3 is 10.1 Å². The molecule has 4 heteroatoms. The lowest BCUT2D eigenvalue weighted by Gasteiger charge is -2.34. The van der Waals surface area contributed by atoms with Gasteiger partial charge >= 0.3 is 0 Å². The van der Waals surface area contributed by atoms with Gasteiger partial charge in [-0.1, -0.05) is 38.1 Å². The smallest absolute Gasteiger partial charge is 0.234 e. The normalized spacial score (nSPS) is 22.3. The number of carbonyl (C=O) groups is 1. The van der Waals surface area contributed by atoms with E-state index in [1.807, 2.05) is 0 Å². The number of morpholine rings is 1. The predicted molar refractivity (Wildman–Crippen MR) is 93.7 cm³/mol. The van der Waals surface area contributed by atoms with E-state index in [1.165, 1.54) is 11.1 Å². The molecule has 1 fully saturated rings. The fourth-order valence-corrected chi connectivity index (χ4v) is 3.09. The van der Waals surface area contributed by atoms with Gasteiger partial charge in [0.2, 0.25) is 5.91 Å². The molecule has 1 aliphatic rings. The molecule has 2 rings (SSSR count). The Morgan fingerprint density at radius 1 is 1.22 bits per heavy atom. The Kier molecular flexibility index (Phi) is 6.60. The van der Waals surface area contributed by atoms with E-state index in [2.05, 4.69) is 62.2 Å². The molecular formula is C19H30N2O2. The molecule has 0 saturated carbocycles. The molecular weight excluding hydrogens is 288 g/mol. The van der Waals surface area contributed by atoms with Gasteiger partial charge in [-0.15, -0.1) is 0 Å². The summed E-state index contributed by atoms with van der Waals surface area (Å²) < 4.78 is 5.69. The molecule has 0 aliphatic carbocycles. The van der Waals surface area contributed by atoms with Crippen LogP contribution in [0.4, 0.5) is 0 Å². The molecule has 0 bridgehead atoms. The quantitative estimate of drug-likeness (QED) is 0.876. The number of hydrogen-bond acceptors (Lipinski definition) is 3. The van der Waals surface area contributed by atoms with Crippen LogP contribution in [0.15, 0.2) is 24.3 Å². The number of carbonyl (C=O) groups excluding carboxylic acids is 1. The monoisotopic (exact) mass is 318 g/mol. The molecule has 4 nitrogen and oxygen atoms in total. The Hall–Kier alpha value is -1.39. The van der Waals surface area contributed by atoms with E-state index in [0.717, 1.165) is 19.5 Å². The summed E-state index contributed by atoms with van der Waals surface area (Å²) in [5.74, 6) is 0.659. The van der Waals surface area contributed by atoms with Gasteiger partial charge in [0.05, 0.1) is 18.8 Å². The Bertz CT molecular complexity index is 489. The van der Waals surface area contributed by atoms with Gasteiger partial charge in [-0.2, -0.15) is 0 Å². The summed E-state index contributed by atoms with van der Waals surface area (Å²) in [7, 11) is 0. The molecule has 1 saturated heterocycles. The van der Waals surface area contributed by atoms with Gasteiger partial charge in [-0.3, -0.25) is 9.69 Å². The zero-order valence-corrected chi connectivity index (χ0v) is 14.8. The van der Waals surface area contributed by atoms with E-state index in [0.29, 0.717) is 19.0 Å². The van der Waals surface area contributed by atoms with E-state index < -0.39 is 0 Å². The lowest BCUT2D eigenvalue weighted by molar-refractivity contribution is -0.125. The van der Waals surface area contributed by atoms with Crippen LogP contribution in [0.5, 0.6) is 0 Å². The van der Waals surface area contributed by atoms with Crippen LogP contribution in [0.3, 0.4) is 0 Å². The van der Waals surface area contributed by atoms with E-state index in [4.69, 9.17) is 4.74 Å². The molecule has 0 radical (unpaired) electrons. The molecule has 1 N–H and O–H groups in total. The minimum absolute atomic E-state index is 0.102. The topological polar surface area (TPSA) is 41.6 Å². The molecule has 23 heavy (non-hydrogen) atoms. The maximum Gasteiger partial charge on any atom is 0.234 e. The highest BCUT2D eigenvalue weighted by molar-refractivity contribution is 5.78. The fraction of sp³-hybridized carbons (Fsp3) is 0.632. The summed E-state index contributed by atoms with van der Waals surface area (Å²) >= 11 is 0. The molecule has 0 unspecified atom stereocenters. The van der Waals surface area contributed by atoms with Crippen molar-refractivity contribution in [3.8, 4) is 0 Å². The highest BCUT2D eigenvalue weighted by Crippen LogP contribution is 2.14. The summed E-state index contributed by atoms with van der Waals surface area (Å²) in [6, 6.07) is 8.68. The lowest BCUT2D eigenvalue weighted by atomic mass is 10.0. The third kappa shape index (κ3) is 5.96. The van der Waals surface area contributed by atoms with E-state index in [9.17, 15) is 4.79 Å². The van der Waals surface area contributed by atoms with Crippen molar-refractivity contribution in [2.24, 2.45) is 0 Å². The maximum atomic E-state index is 12.1. The van der Waals surface area contributed by atoms with Crippen molar-refractivity contribution >= 4 is 5.91 Å². The highest BCUT2D eigenvalue weighted by atomic mass is 16.5. The Morgan fingerprint density at radius 2 is 1.83 bits per heavy atom. The van der Waals surface area contributed by atoms with Gasteiger partial charge in [-0.25, -0.2) is 0 Å². The summed E-state index contributed by atoms with van der Waals surface area (Å²) in [5.41, 5.74) is 2.62. The average Bonchev–Trinajstić information content (AvgIpc) is 2.46. The van der Waals surface area contributed by atoms with Gasteiger partial charge in [0.25, 0.3) is 0 Å². The zero-order valence-electron chi connectivity index (χ0n) is 14.8. The van der Waals surface area contributed by atoms with E-state index in [1.54, 1.807) is 0 Å². The van der Waals surface area contributed by atoms with Crippen molar-refractivity contribution in [1.29, 1.82) is 0 Å². The van der Waals surface area contributed by atoms with Gasteiger partial charge in [0, 0.05) is 19.6 Å². The number of rotatable bonds is 6. The number of ether oxygens (including phenoxy) is 1. The van der Waals surface area contributed by atoms with Gasteiger partial charge in [0.15, 0.2) is 0 Å². The number of amides is 1. The van der Waals surface area contributed by atoms with Crippen molar-refractivity contribution < 1.29 is 9.53 Å². The first kappa shape index (κ1) is 18.0. The molecule has 1 amide bonds. The SMILES string of the molecule is CC(C)c1ccc(CCNC(=O)CN2C[C@@H](C)O[C@@H](C)C2)cc1. The summed E-state index contributed by atoms with van der Waals surface area (Å²) in [6.07, 6.45) is 1.28. The molecule has 128 valence electrons. The minimum Gasteiger partial charge on any atom is -0.373 e. The highest BCUT2D eigenvalue weighted by Gasteiger charge is 2.23. The molecule has 2 atom stereocenters. The standard InChI is InChI=1S/C19H30N2O2/c1-14(2)18-7-5-17(6-8-18)9-10-20-19(22)13-21-11-15(3)23-16(4)12-21/h5-8,14-16H,9-13H2,1-4H3,(H,20,22)/t15-,16+. The first-order valence-electron chi connectivity index (χ1n) is 8.67. The van der Waals surface area contributed by atoms with Gasteiger partial charge in [0.1, 0.15) is 0 Å². The number of nitrogens with zero attached hydrogens (tertiary/aromatic N) is 1. The Morgan fingerprint density at radius 3 is 2.39 bits per heavy atom. The fourth-order valence-electron chi connectivity index (χ4n) is 3.09. The van der Waals surface area contributed by atoms with Crippen molar-refractivity contribution in [1.82, 2.24) is 10.2 Å². The van der Waals surface area contributed by atoms with Crippen molar-refractivity contribution in [2.45, 2.75) is 52.2 Å². The second kappa shape index (κ2) is 8.46. The van der Waals surface area contributed by atoms with E-state index in [-0.39, 0.29) is 18.1 Å². The first-order chi connectivity index (χ1) is 10.9. The summed E-state index contributed by atoms with van der Waals surface area (Å²) in [4.78, 5) is 14.2. The Labute approximate surface area is 140 Å². The second-order valence-corrected chi connectivity index (χ2v) is 6.95. The third-order valence-corrected chi connectivity index (χ3v) is 4.24. The van der Waals surface area contributed by atoms with Crippen LogP contribution in [0.2, 0.25) is 0 Å². The van der Waals surface area contributed by atoms with Gasteiger partial charge in [-0.05, 0) is 37.3 Å². The minimum atomic E-state index is 0.102. The van der Waals surface area contributed by atoms with Crippen molar-refractivity contribution in [2.75, 3.05) is 26.2 Å². The molecule has 0 spiro atoms. The largest absolute Gasteiger partial charge is 0.373 e. The van der Waals surface area contributed by atoms with Crippen molar-refractivity contribution in [3.63, 3.8) is 0 Å². The summed E-state index contributed by atoms with van der Waals surface area (Å²) in [5, 5.41) is 3.02. The second-order valence-electron chi connectivity index (χ2n) is 6.95. The van der Waals surface area contributed by atoms with Crippen LogP contribution in [0.25, 0.3) is 0 Å². The lowest BCUT2D eigenvalue weighted by Crippen LogP contribution is -2.49. The molecule has 1 aromatic carbocycles. The average molecular weight is 318 g/mol.